The normalized spacial score (nSPS) is 9.60. The van der Waals surface area contributed by atoms with E-state index in [4.69, 9.17) is 0 Å². The SMILES string of the molecule is SC(S)CI. The van der Waals surface area contributed by atoms with Crippen molar-refractivity contribution in [2.45, 2.75) is 4.58 Å². The molecule has 0 saturated heterocycles. The van der Waals surface area contributed by atoms with E-state index in [9.17, 15) is 0 Å². The van der Waals surface area contributed by atoms with Crippen LogP contribution in [0.2, 0.25) is 0 Å². The molecule has 0 aliphatic carbocycles. The summed E-state index contributed by atoms with van der Waals surface area (Å²) in [7, 11) is 0. The Balaban J connectivity index is 2.54. The minimum atomic E-state index is 0.260. The van der Waals surface area contributed by atoms with Gasteiger partial charge in [-0.3, -0.25) is 0 Å². The fourth-order valence-corrected chi connectivity index (χ4v) is 0. The van der Waals surface area contributed by atoms with Crippen molar-refractivity contribution in [1.82, 2.24) is 0 Å². The van der Waals surface area contributed by atoms with Crippen molar-refractivity contribution in [2.75, 3.05) is 4.43 Å². The van der Waals surface area contributed by atoms with Gasteiger partial charge in [-0.2, -0.15) is 25.3 Å². The second-order valence-electron chi connectivity index (χ2n) is 0.635. The van der Waals surface area contributed by atoms with Crippen molar-refractivity contribution >= 4 is 47.8 Å². The minimum Gasteiger partial charge on any atom is -0.164 e. The van der Waals surface area contributed by atoms with Gasteiger partial charge >= 0.3 is 0 Å². The summed E-state index contributed by atoms with van der Waals surface area (Å²) in [6.07, 6.45) is 0. The van der Waals surface area contributed by atoms with Crippen molar-refractivity contribution in [3.05, 3.63) is 0 Å². The van der Waals surface area contributed by atoms with Crippen molar-refractivity contribution in [3.63, 3.8) is 0 Å². The second kappa shape index (κ2) is 3.61. The number of rotatable bonds is 1. The van der Waals surface area contributed by atoms with Crippen LogP contribution in [0.25, 0.3) is 0 Å². The van der Waals surface area contributed by atoms with Crippen LogP contribution in [-0.2, 0) is 0 Å². The Bertz CT molecular complexity index is 21.6. The molecule has 0 N–H and O–H groups in total. The first-order chi connectivity index (χ1) is 2.27. The molecule has 0 amide bonds. The molecule has 32 valence electrons. The third-order valence-electron chi connectivity index (χ3n) is 0.138. The number of hydrogen-bond acceptors (Lipinski definition) is 2. The molecule has 3 heteroatoms. The van der Waals surface area contributed by atoms with Crippen LogP contribution < -0.4 is 0 Å². The number of alkyl halides is 1. The fourth-order valence-electron chi connectivity index (χ4n) is 0. The zero-order valence-corrected chi connectivity index (χ0v) is 6.50. The van der Waals surface area contributed by atoms with E-state index in [1.54, 1.807) is 0 Å². The topological polar surface area (TPSA) is 0 Å². The molecular formula is C2H5IS2. The number of hydrogen-bond donors (Lipinski definition) is 2. The first-order valence-electron chi connectivity index (χ1n) is 1.19. The van der Waals surface area contributed by atoms with Gasteiger partial charge in [-0.25, -0.2) is 0 Å². The number of halogens is 1. The van der Waals surface area contributed by atoms with Crippen LogP contribution in [0.5, 0.6) is 0 Å². The molecule has 0 saturated carbocycles. The molecule has 0 aliphatic rings. The summed E-state index contributed by atoms with van der Waals surface area (Å²) in [6.45, 7) is 0. The van der Waals surface area contributed by atoms with E-state index < -0.39 is 0 Å². The summed E-state index contributed by atoms with van der Waals surface area (Å²) >= 11 is 10.1. The van der Waals surface area contributed by atoms with E-state index in [1.807, 2.05) is 0 Å². The van der Waals surface area contributed by atoms with Crippen LogP contribution in [-0.4, -0.2) is 9.01 Å². The highest BCUT2D eigenvalue weighted by atomic mass is 127. The molecular weight excluding hydrogens is 215 g/mol. The van der Waals surface area contributed by atoms with E-state index >= 15 is 0 Å². The average molecular weight is 220 g/mol. The lowest BCUT2D eigenvalue weighted by Crippen LogP contribution is -1.82. The lowest BCUT2D eigenvalue weighted by atomic mass is 11.0. The molecule has 0 rings (SSSR count). The lowest BCUT2D eigenvalue weighted by molar-refractivity contribution is 1.53. The van der Waals surface area contributed by atoms with Gasteiger partial charge in [-0.05, 0) is 0 Å². The van der Waals surface area contributed by atoms with Crippen molar-refractivity contribution in [1.29, 1.82) is 0 Å². The van der Waals surface area contributed by atoms with Gasteiger partial charge in [0, 0.05) is 4.43 Å². The Morgan fingerprint density at radius 1 is 1.60 bits per heavy atom. The first-order valence-corrected chi connectivity index (χ1v) is 3.75. The summed E-state index contributed by atoms with van der Waals surface area (Å²) in [6, 6.07) is 0. The smallest absolute Gasteiger partial charge is 0.0531 e. The van der Waals surface area contributed by atoms with Gasteiger partial charge < -0.3 is 0 Å². The van der Waals surface area contributed by atoms with Crippen LogP contribution in [0.15, 0.2) is 0 Å². The second-order valence-corrected chi connectivity index (χ2v) is 3.17. The lowest BCUT2D eigenvalue weighted by Gasteiger charge is -1.87. The third-order valence-corrected chi connectivity index (χ3v) is 2.78. The molecule has 0 fully saturated rings. The molecule has 0 atom stereocenters. The van der Waals surface area contributed by atoms with E-state index in [1.165, 1.54) is 0 Å². The molecule has 0 spiro atoms. The summed E-state index contributed by atoms with van der Waals surface area (Å²) in [5.41, 5.74) is 0. The van der Waals surface area contributed by atoms with Crippen molar-refractivity contribution in [2.24, 2.45) is 0 Å². The van der Waals surface area contributed by atoms with Gasteiger partial charge in [-0.15, -0.1) is 0 Å². The summed E-state index contributed by atoms with van der Waals surface area (Å²) in [5.74, 6) is 0. The van der Waals surface area contributed by atoms with Gasteiger partial charge in [0.25, 0.3) is 0 Å². The summed E-state index contributed by atoms with van der Waals surface area (Å²) in [5, 5.41) is 0. The van der Waals surface area contributed by atoms with E-state index in [2.05, 4.69) is 47.8 Å². The molecule has 5 heavy (non-hydrogen) atoms. The van der Waals surface area contributed by atoms with Gasteiger partial charge in [0.15, 0.2) is 0 Å². The Morgan fingerprint density at radius 2 is 1.80 bits per heavy atom. The maximum atomic E-state index is 3.95. The third kappa shape index (κ3) is 5.43. The van der Waals surface area contributed by atoms with Crippen molar-refractivity contribution in [3.8, 4) is 0 Å². The van der Waals surface area contributed by atoms with Gasteiger partial charge in [0.1, 0.15) is 0 Å². The zero-order valence-electron chi connectivity index (χ0n) is 2.56. The monoisotopic (exact) mass is 220 g/mol. The van der Waals surface area contributed by atoms with E-state index in [0.29, 0.717) is 0 Å². The summed E-state index contributed by atoms with van der Waals surface area (Å²) in [4.78, 5) is 0. The van der Waals surface area contributed by atoms with E-state index in [-0.39, 0.29) is 4.58 Å². The van der Waals surface area contributed by atoms with E-state index in [0.717, 1.165) is 4.43 Å². The molecule has 0 bridgehead atoms. The predicted molar refractivity (Wildman–Crippen MR) is 40.6 cm³/mol. The van der Waals surface area contributed by atoms with Crippen LogP contribution in [0, 0.1) is 0 Å². The Morgan fingerprint density at radius 3 is 1.80 bits per heavy atom. The van der Waals surface area contributed by atoms with Crippen LogP contribution >= 0.6 is 47.8 Å². The Hall–Kier alpha value is 1.43. The molecule has 0 heterocycles. The van der Waals surface area contributed by atoms with Crippen LogP contribution in [0.3, 0.4) is 0 Å². The van der Waals surface area contributed by atoms with Crippen LogP contribution in [0.4, 0.5) is 0 Å². The molecule has 0 unspecified atom stereocenters. The molecule has 0 aliphatic heterocycles. The number of thiol groups is 2. The van der Waals surface area contributed by atoms with Gasteiger partial charge in [0.05, 0.1) is 4.58 Å². The zero-order chi connectivity index (χ0) is 4.28. The standard InChI is InChI=1S/C2H5IS2/c3-1-2(4)5/h2,4-5H,1H2. The molecule has 0 nitrogen and oxygen atoms in total. The van der Waals surface area contributed by atoms with Crippen molar-refractivity contribution < 1.29 is 0 Å². The molecule has 0 radical (unpaired) electrons. The highest BCUT2D eigenvalue weighted by Crippen LogP contribution is 2.01. The highest BCUT2D eigenvalue weighted by molar-refractivity contribution is 14.1. The Labute approximate surface area is 56.7 Å². The minimum absolute atomic E-state index is 0.260. The first kappa shape index (κ1) is 6.43. The molecule has 0 aromatic carbocycles. The fraction of sp³-hybridized carbons (Fsp3) is 1.00. The predicted octanol–water partition coefficient (Wildman–Crippen LogP) is 1.61. The quantitative estimate of drug-likeness (QED) is 0.285. The average Bonchev–Trinajstić information content (AvgIpc) is 1.38. The Kier molecular flexibility index (Phi) is 4.65. The van der Waals surface area contributed by atoms with Gasteiger partial charge in [-0.1, -0.05) is 22.6 Å². The molecule has 0 aromatic heterocycles. The van der Waals surface area contributed by atoms with Gasteiger partial charge in [0.2, 0.25) is 0 Å². The maximum Gasteiger partial charge on any atom is 0.0531 e. The molecule has 0 aromatic rings. The maximum absolute atomic E-state index is 3.95. The summed E-state index contributed by atoms with van der Waals surface area (Å²) < 4.78 is 1.26. The largest absolute Gasteiger partial charge is 0.164 e. The highest BCUT2D eigenvalue weighted by Gasteiger charge is 1.83. The van der Waals surface area contributed by atoms with Crippen LogP contribution in [0.1, 0.15) is 0 Å².